The van der Waals surface area contributed by atoms with Crippen LogP contribution in [0, 0.1) is 6.92 Å². The molecule has 1 amide bonds. The summed E-state index contributed by atoms with van der Waals surface area (Å²) in [6.45, 7) is 2.82. The third-order valence-corrected chi connectivity index (χ3v) is 6.07. The Labute approximate surface area is 193 Å². The SMILES string of the molecule is Cc1c(/C=N/NC(=O)c2cc3ccccc3o2)c2ccccc2n1Cc1ccc(Br)cc1. The van der Waals surface area contributed by atoms with Crippen LogP contribution in [0.15, 0.2) is 92.9 Å². The Hall–Kier alpha value is -3.64. The standard InChI is InChI=1S/C26H20BrN3O2/c1-17-22(15-28-29-26(31)25-14-19-6-2-5-9-24(19)32-25)21-7-3-4-8-23(21)30(17)16-18-10-12-20(27)13-11-18/h2-15H,16H2,1H3,(H,29,31)/b28-15+. The number of carbonyl (C=O) groups excluding carboxylic acids is 1. The maximum absolute atomic E-state index is 12.5. The summed E-state index contributed by atoms with van der Waals surface area (Å²) in [7, 11) is 0. The van der Waals surface area contributed by atoms with E-state index in [0.717, 1.165) is 38.6 Å². The molecule has 5 aromatic rings. The largest absolute Gasteiger partial charge is 0.451 e. The number of aromatic nitrogens is 1. The third kappa shape index (κ3) is 3.85. The van der Waals surface area contributed by atoms with Crippen LogP contribution in [0.4, 0.5) is 0 Å². The molecule has 5 rings (SSSR count). The van der Waals surface area contributed by atoms with Gasteiger partial charge < -0.3 is 8.98 Å². The van der Waals surface area contributed by atoms with Gasteiger partial charge in [-0.05, 0) is 42.8 Å². The molecule has 5 nitrogen and oxygen atoms in total. The number of para-hydroxylation sites is 2. The van der Waals surface area contributed by atoms with Gasteiger partial charge in [0, 0.05) is 38.6 Å². The highest BCUT2D eigenvalue weighted by Crippen LogP contribution is 2.26. The lowest BCUT2D eigenvalue weighted by Crippen LogP contribution is -2.16. The Morgan fingerprint density at radius 1 is 1.06 bits per heavy atom. The molecule has 0 unspecified atom stereocenters. The highest BCUT2D eigenvalue weighted by atomic mass is 79.9. The van der Waals surface area contributed by atoms with Crippen LogP contribution >= 0.6 is 15.9 Å². The lowest BCUT2D eigenvalue weighted by atomic mass is 10.1. The molecule has 2 aromatic heterocycles. The third-order valence-electron chi connectivity index (χ3n) is 5.54. The van der Waals surface area contributed by atoms with Crippen LogP contribution in [0.5, 0.6) is 0 Å². The van der Waals surface area contributed by atoms with Crippen molar-refractivity contribution in [1.29, 1.82) is 0 Å². The minimum Gasteiger partial charge on any atom is -0.451 e. The first-order valence-electron chi connectivity index (χ1n) is 10.2. The van der Waals surface area contributed by atoms with Crippen molar-refractivity contribution in [2.45, 2.75) is 13.5 Å². The summed E-state index contributed by atoms with van der Waals surface area (Å²) in [6, 6.07) is 25.8. The second-order valence-corrected chi connectivity index (χ2v) is 8.49. The number of halogens is 1. The first-order chi connectivity index (χ1) is 15.6. The number of nitrogens with one attached hydrogen (secondary N) is 1. The van der Waals surface area contributed by atoms with E-state index in [1.54, 1.807) is 12.3 Å². The normalized spacial score (nSPS) is 11.6. The lowest BCUT2D eigenvalue weighted by Gasteiger charge is -2.09. The number of hydrazone groups is 1. The van der Waals surface area contributed by atoms with Crippen molar-refractivity contribution in [2.24, 2.45) is 5.10 Å². The summed E-state index contributed by atoms with van der Waals surface area (Å²) in [5.41, 5.74) is 7.65. The average Bonchev–Trinajstić information content (AvgIpc) is 3.36. The van der Waals surface area contributed by atoms with Gasteiger partial charge in [0.25, 0.3) is 0 Å². The first kappa shape index (κ1) is 20.3. The molecule has 6 heteroatoms. The number of nitrogens with zero attached hydrogens (tertiary/aromatic N) is 2. The van der Waals surface area contributed by atoms with Crippen molar-refractivity contribution in [3.63, 3.8) is 0 Å². The molecule has 32 heavy (non-hydrogen) atoms. The molecule has 2 heterocycles. The van der Waals surface area contributed by atoms with Crippen molar-refractivity contribution in [3.05, 3.63) is 106 Å². The van der Waals surface area contributed by atoms with Crippen LogP contribution < -0.4 is 5.43 Å². The van der Waals surface area contributed by atoms with E-state index in [1.165, 1.54) is 5.56 Å². The predicted molar refractivity (Wildman–Crippen MR) is 131 cm³/mol. The summed E-state index contributed by atoms with van der Waals surface area (Å²) >= 11 is 3.49. The Balaban J connectivity index is 1.42. The molecule has 0 aliphatic carbocycles. The predicted octanol–water partition coefficient (Wildman–Crippen LogP) is 6.27. The van der Waals surface area contributed by atoms with Gasteiger partial charge in [-0.15, -0.1) is 0 Å². The van der Waals surface area contributed by atoms with Crippen LogP contribution in [0.1, 0.15) is 27.4 Å². The molecule has 0 saturated carbocycles. The fourth-order valence-electron chi connectivity index (χ4n) is 3.90. The molecule has 0 aliphatic rings. The summed E-state index contributed by atoms with van der Waals surface area (Å²) in [4.78, 5) is 12.5. The number of hydrogen-bond donors (Lipinski definition) is 1. The number of fused-ring (bicyclic) bond motifs is 2. The molecular formula is C26H20BrN3O2. The van der Waals surface area contributed by atoms with Gasteiger partial charge in [0.15, 0.2) is 5.76 Å². The molecule has 0 bridgehead atoms. The highest BCUT2D eigenvalue weighted by Gasteiger charge is 2.14. The molecule has 158 valence electrons. The number of rotatable bonds is 5. The van der Waals surface area contributed by atoms with Crippen molar-refractivity contribution in [1.82, 2.24) is 9.99 Å². The number of hydrogen-bond acceptors (Lipinski definition) is 3. The van der Waals surface area contributed by atoms with E-state index in [2.05, 4.69) is 62.2 Å². The second-order valence-electron chi connectivity index (χ2n) is 7.58. The molecule has 0 spiro atoms. The molecule has 0 fully saturated rings. The van der Waals surface area contributed by atoms with E-state index in [0.29, 0.717) is 5.58 Å². The Kier molecular flexibility index (Phi) is 5.37. The first-order valence-corrected chi connectivity index (χ1v) is 11.0. The van der Waals surface area contributed by atoms with Crippen LogP contribution in [-0.2, 0) is 6.54 Å². The Morgan fingerprint density at radius 2 is 1.81 bits per heavy atom. The lowest BCUT2D eigenvalue weighted by molar-refractivity contribution is 0.0929. The fraction of sp³-hybridized carbons (Fsp3) is 0.0769. The van der Waals surface area contributed by atoms with Crippen LogP contribution in [0.25, 0.3) is 21.9 Å². The second kappa shape index (κ2) is 8.48. The zero-order valence-electron chi connectivity index (χ0n) is 17.4. The van der Waals surface area contributed by atoms with Gasteiger partial charge >= 0.3 is 5.91 Å². The summed E-state index contributed by atoms with van der Waals surface area (Å²) in [5.74, 6) is -0.147. The molecule has 0 aliphatic heterocycles. The molecule has 0 atom stereocenters. The van der Waals surface area contributed by atoms with E-state index >= 15 is 0 Å². The smallest absolute Gasteiger partial charge is 0.307 e. The van der Waals surface area contributed by atoms with Crippen molar-refractivity contribution in [2.75, 3.05) is 0 Å². The van der Waals surface area contributed by atoms with Gasteiger partial charge in [0.05, 0.1) is 6.21 Å². The van der Waals surface area contributed by atoms with Gasteiger partial charge in [-0.2, -0.15) is 5.10 Å². The van der Waals surface area contributed by atoms with Crippen molar-refractivity contribution < 1.29 is 9.21 Å². The van der Waals surface area contributed by atoms with E-state index in [4.69, 9.17) is 4.42 Å². The summed E-state index contributed by atoms with van der Waals surface area (Å²) < 4.78 is 8.94. The zero-order chi connectivity index (χ0) is 22.1. The molecular weight excluding hydrogens is 466 g/mol. The average molecular weight is 486 g/mol. The van der Waals surface area contributed by atoms with Gasteiger partial charge in [-0.25, -0.2) is 5.43 Å². The maximum atomic E-state index is 12.5. The Morgan fingerprint density at radius 3 is 2.62 bits per heavy atom. The van der Waals surface area contributed by atoms with Crippen LogP contribution in [-0.4, -0.2) is 16.7 Å². The summed E-state index contributed by atoms with van der Waals surface area (Å²) in [5, 5.41) is 6.20. The van der Waals surface area contributed by atoms with Gasteiger partial charge in [0.1, 0.15) is 5.58 Å². The quantitative estimate of drug-likeness (QED) is 0.235. The number of furan rings is 1. The van der Waals surface area contributed by atoms with E-state index in [9.17, 15) is 4.79 Å². The number of amides is 1. The van der Waals surface area contributed by atoms with E-state index < -0.39 is 0 Å². The molecule has 1 N–H and O–H groups in total. The maximum Gasteiger partial charge on any atom is 0.307 e. The van der Waals surface area contributed by atoms with Crippen LogP contribution in [0.2, 0.25) is 0 Å². The number of carbonyl (C=O) groups is 1. The van der Waals surface area contributed by atoms with Gasteiger partial charge in [0.2, 0.25) is 0 Å². The molecule has 3 aromatic carbocycles. The van der Waals surface area contributed by atoms with Gasteiger partial charge in [-0.1, -0.05) is 64.5 Å². The monoisotopic (exact) mass is 485 g/mol. The minimum absolute atomic E-state index is 0.234. The van der Waals surface area contributed by atoms with Crippen molar-refractivity contribution in [3.8, 4) is 0 Å². The topological polar surface area (TPSA) is 59.5 Å². The van der Waals surface area contributed by atoms with Crippen molar-refractivity contribution >= 4 is 49.9 Å². The highest BCUT2D eigenvalue weighted by molar-refractivity contribution is 9.10. The van der Waals surface area contributed by atoms with E-state index in [-0.39, 0.29) is 11.7 Å². The minimum atomic E-state index is -0.381. The fourth-order valence-corrected chi connectivity index (χ4v) is 4.17. The van der Waals surface area contributed by atoms with E-state index in [1.807, 2.05) is 48.5 Å². The number of benzene rings is 3. The summed E-state index contributed by atoms with van der Waals surface area (Å²) in [6.07, 6.45) is 1.70. The molecule has 0 saturated heterocycles. The van der Waals surface area contributed by atoms with Gasteiger partial charge in [-0.3, -0.25) is 4.79 Å². The Bertz CT molecular complexity index is 1430. The van der Waals surface area contributed by atoms with Crippen LogP contribution in [0.3, 0.4) is 0 Å². The zero-order valence-corrected chi connectivity index (χ0v) is 19.0. The molecule has 0 radical (unpaired) electrons.